The topological polar surface area (TPSA) is 85.4 Å². The number of aryl methyl sites for hydroxylation is 1. The lowest BCUT2D eigenvalue weighted by Gasteiger charge is -2.30. The molecule has 7 nitrogen and oxygen atoms in total. The minimum atomic E-state index is -0.363. The zero-order valence-corrected chi connectivity index (χ0v) is 13.9. The van der Waals surface area contributed by atoms with E-state index in [-0.39, 0.29) is 11.9 Å². The number of primary amides is 1. The van der Waals surface area contributed by atoms with Crippen molar-refractivity contribution in [1.82, 2.24) is 15.1 Å². The fraction of sp³-hybridized carbons (Fsp3) is 0.733. The van der Waals surface area contributed by atoms with Crippen molar-refractivity contribution in [1.29, 1.82) is 0 Å². The molecule has 2 rings (SSSR count). The van der Waals surface area contributed by atoms with E-state index >= 15 is 0 Å². The van der Waals surface area contributed by atoms with Crippen molar-refractivity contribution in [3.05, 3.63) is 11.3 Å². The molecule has 124 valence electrons. The van der Waals surface area contributed by atoms with Gasteiger partial charge >= 0.3 is 0 Å². The summed E-state index contributed by atoms with van der Waals surface area (Å²) in [5, 5.41) is 7.89. The van der Waals surface area contributed by atoms with E-state index in [2.05, 4.69) is 29.2 Å². The molecule has 1 aliphatic heterocycles. The summed E-state index contributed by atoms with van der Waals surface area (Å²) in [6.45, 7) is 9.80. The van der Waals surface area contributed by atoms with Gasteiger partial charge in [-0.3, -0.25) is 9.48 Å². The number of ether oxygens (including phenoxy) is 1. The molecule has 0 spiro atoms. The second-order valence-electron chi connectivity index (χ2n) is 6.07. The van der Waals surface area contributed by atoms with Crippen LogP contribution in [0.15, 0.2) is 0 Å². The maximum absolute atomic E-state index is 11.2. The van der Waals surface area contributed by atoms with E-state index < -0.39 is 0 Å². The number of carbonyl (C=O) groups is 1. The number of nitrogens with zero attached hydrogens (tertiary/aromatic N) is 3. The van der Waals surface area contributed by atoms with E-state index in [0.29, 0.717) is 12.5 Å². The van der Waals surface area contributed by atoms with Gasteiger partial charge in [0.1, 0.15) is 5.82 Å². The van der Waals surface area contributed by atoms with Gasteiger partial charge in [0.15, 0.2) is 0 Å². The summed E-state index contributed by atoms with van der Waals surface area (Å²) in [5.41, 5.74) is 7.54. The first-order chi connectivity index (χ1) is 10.4. The number of hydrogen-bond acceptors (Lipinski definition) is 5. The number of hydrogen-bond donors (Lipinski definition) is 2. The van der Waals surface area contributed by atoms with Gasteiger partial charge in [-0.2, -0.15) is 5.10 Å². The first-order valence-electron chi connectivity index (χ1n) is 7.83. The number of nitrogens with two attached hydrogens (primary N) is 1. The highest BCUT2D eigenvalue weighted by atomic mass is 16.5. The molecule has 0 saturated carbocycles. The Hall–Kier alpha value is -1.60. The number of morpholine rings is 1. The standard InChI is InChI=1S/C15H27N5O2/c1-10(2)13-12(9-17-11(3)14(16)21)15(19(4)18-13)20-5-7-22-8-6-20/h10-11,17H,5-9H2,1-4H3,(H2,16,21). The van der Waals surface area contributed by atoms with E-state index in [1.807, 2.05) is 11.7 Å². The van der Waals surface area contributed by atoms with E-state index in [4.69, 9.17) is 10.5 Å². The van der Waals surface area contributed by atoms with Crippen molar-refractivity contribution in [3.63, 3.8) is 0 Å². The summed E-state index contributed by atoms with van der Waals surface area (Å²) < 4.78 is 7.37. The third-order valence-corrected chi connectivity index (χ3v) is 4.01. The quantitative estimate of drug-likeness (QED) is 0.792. The van der Waals surface area contributed by atoms with Crippen LogP contribution in [0.4, 0.5) is 5.82 Å². The molecule has 7 heteroatoms. The minimum absolute atomic E-state index is 0.321. The van der Waals surface area contributed by atoms with Crippen molar-refractivity contribution < 1.29 is 9.53 Å². The highest BCUT2D eigenvalue weighted by molar-refractivity contribution is 5.79. The Labute approximate surface area is 131 Å². The maximum atomic E-state index is 11.2. The van der Waals surface area contributed by atoms with E-state index in [9.17, 15) is 4.79 Å². The molecule has 0 bridgehead atoms. The first kappa shape index (κ1) is 16.8. The molecular weight excluding hydrogens is 282 g/mol. The van der Waals surface area contributed by atoms with Gasteiger partial charge in [0.05, 0.1) is 24.9 Å². The van der Waals surface area contributed by atoms with Crippen LogP contribution in [0.25, 0.3) is 0 Å². The van der Waals surface area contributed by atoms with Gasteiger partial charge in [0.2, 0.25) is 5.91 Å². The number of rotatable bonds is 6. The predicted molar refractivity (Wildman–Crippen MR) is 85.8 cm³/mol. The summed E-state index contributed by atoms with van der Waals surface area (Å²) in [6.07, 6.45) is 0. The van der Waals surface area contributed by atoms with Gasteiger partial charge in [-0.25, -0.2) is 0 Å². The van der Waals surface area contributed by atoms with Crippen molar-refractivity contribution in [2.45, 2.75) is 39.3 Å². The van der Waals surface area contributed by atoms with Crippen LogP contribution in [0.5, 0.6) is 0 Å². The van der Waals surface area contributed by atoms with Crippen LogP contribution >= 0.6 is 0 Å². The third kappa shape index (κ3) is 3.59. The number of anilines is 1. The molecule has 1 aromatic rings. The molecule has 1 saturated heterocycles. The Morgan fingerprint density at radius 3 is 2.55 bits per heavy atom. The third-order valence-electron chi connectivity index (χ3n) is 4.01. The number of amides is 1. The fourth-order valence-corrected chi connectivity index (χ4v) is 2.74. The van der Waals surface area contributed by atoms with E-state index in [1.165, 1.54) is 0 Å². The molecule has 0 aromatic carbocycles. The summed E-state index contributed by atoms with van der Waals surface area (Å²) >= 11 is 0. The van der Waals surface area contributed by atoms with E-state index in [0.717, 1.165) is 43.4 Å². The number of aromatic nitrogens is 2. The van der Waals surface area contributed by atoms with Gasteiger partial charge in [0, 0.05) is 32.2 Å². The van der Waals surface area contributed by atoms with Crippen LogP contribution in [0, 0.1) is 0 Å². The molecule has 0 radical (unpaired) electrons. The van der Waals surface area contributed by atoms with Gasteiger partial charge in [-0.1, -0.05) is 13.8 Å². The van der Waals surface area contributed by atoms with Crippen LogP contribution < -0.4 is 16.0 Å². The lowest BCUT2D eigenvalue weighted by atomic mass is 10.0. The van der Waals surface area contributed by atoms with Crippen LogP contribution in [-0.2, 0) is 23.1 Å². The molecule has 2 heterocycles. The Morgan fingerprint density at radius 1 is 1.36 bits per heavy atom. The molecule has 0 aliphatic carbocycles. The molecule has 22 heavy (non-hydrogen) atoms. The first-order valence-corrected chi connectivity index (χ1v) is 7.83. The normalized spacial score (nSPS) is 17.0. The summed E-state index contributed by atoms with van der Waals surface area (Å²) in [5.74, 6) is 1.08. The molecule has 3 N–H and O–H groups in total. The van der Waals surface area contributed by atoms with Crippen molar-refractivity contribution >= 4 is 11.7 Å². The van der Waals surface area contributed by atoms with Crippen LogP contribution in [0.3, 0.4) is 0 Å². The highest BCUT2D eigenvalue weighted by Gasteiger charge is 2.24. The Kier molecular flexibility index (Phi) is 5.42. The summed E-state index contributed by atoms with van der Waals surface area (Å²) in [7, 11) is 1.97. The summed E-state index contributed by atoms with van der Waals surface area (Å²) in [6, 6.07) is -0.363. The molecule has 1 fully saturated rings. The maximum Gasteiger partial charge on any atom is 0.234 e. The average molecular weight is 309 g/mol. The van der Waals surface area contributed by atoms with E-state index in [1.54, 1.807) is 6.92 Å². The molecule has 1 amide bonds. The minimum Gasteiger partial charge on any atom is -0.378 e. The molecule has 1 unspecified atom stereocenters. The Balaban J connectivity index is 2.28. The number of carbonyl (C=O) groups excluding carboxylic acids is 1. The second kappa shape index (κ2) is 7.11. The van der Waals surface area contributed by atoms with Gasteiger partial charge in [-0.05, 0) is 12.8 Å². The van der Waals surface area contributed by atoms with Crippen LogP contribution in [0.2, 0.25) is 0 Å². The van der Waals surface area contributed by atoms with Crippen molar-refractivity contribution in [2.75, 3.05) is 31.2 Å². The molecule has 1 aliphatic rings. The van der Waals surface area contributed by atoms with Gasteiger partial charge < -0.3 is 20.7 Å². The Bertz CT molecular complexity index is 520. The van der Waals surface area contributed by atoms with Crippen molar-refractivity contribution in [3.8, 4) is 0 Å². The Morgan fingerprint density at radius 2 is 2.00 bits per heavy atom. The highest BCUT2D eigenvalue weighted by Crippen LogP contribution is 2.29. The van der Waals surface area contributed by atoms with Gasteiger partial charge in [-0.15, -0.1) is 0 Å². The average Bonchev–Trinajstić information content (AvgIpc) is 2.82. The van der Waals surface area contributed by atoms with Crippen LogP contribution in [0.1, 0.15) is 37.9 Å². The zero-order chi connectivity index (χ0) is 16.3. The van der Waals surface area contributed by atoms with Crippen LogP contribution in [-0.4, -0.2) is 48.0 Å². The predicted octanol–water partition coefficient (Wildman–Crippen LogP) is 0.344. The lowest BCUT2D eigenvalue weighted by molar-refractivity contribution is -0.119. The lowest BCUT2D eigenvalue weighted by Crippen LogP contribution is -2.40. The number of nitrogens with one attached hydrogen (secondary N) is 1. The SMILES string of the molecule is CC(NCc1c(C(C)C)nn(C)c1N1CCOCC1)C(N)=O. The zero-order valence-electron chi connectivity index (χ0n) is 13.9. The largest absolute Gasteiger partial charge is 0.378 e. The summed E-state index contributed by atoms with van der Waals surface area (Å²) in [4.78, 5) is 13.5. The fourth-order valence-electron chi connectivity index (χ4n) is 2.74. The van der Waals surface area contributed by atoms with Gasteiger partial charge in [0.25, 0.3) is 0 Å². The molecular formula is C15H27N5O2. The van der Waals surface area contributed by atoms with Crippen molar-refractivity contribution in [2.24, 2.45) is 12.8 Å². The second-order valence-corrected chi connectivity index (χ2v) is 6.07. The smallest absolute Gasteiger partial charge is 0.234 e. The molecule has 1 aromatic heterocycles. The molecule has 1 atom stereocenters. The monoisotopic (exact) mass is 309 g/mol.